The van der Waals surface area contributed by atoms with Crippen LogP contribution in [0, 0.1) is 11.3 Å². The molecule has 0 amide bonds. The lowest BCUT2D eigenvalue weighted by molar-refractivity contribution is 0.521. The van der Waals surface area contributed by atoms with Crippen LogP contribution in [0.3, 0.4) is 0 Å². The van der Waals surface area contributed by atoms with Gasteiger partial charge in [0.25, 0.3) is 10.0 Å². The van der Waals surface area contributed by atoms with Crippen LogP contribution in [0.2, 0.25) is 0 Å². The summed E-state index contributed by atoms with van der Waals surface area (Å²) in [5.41, 5.74) is 6.11. The van der Waals surface area contributed by atoms with Crippen molar-refractivity contribution >= 4 is 10.0 Å². The summed E-state index contributed by atoms with van der Waals surface area (Å²) in [5, 5.41) is 8.78. The molecule has 8 heteroatoms. The van der Waals surface area contributed by atoms with Crippen molar-refractivity contribution in [3.63, 3.8) is 0 Å². The summed E-state index contributed by atoms with van der Waals surface area (Å²) in [5.74, 6) is 0. The molecule has 2 heterocycles. The molecule has 3 N–H and O–H groups in total. The number of nitrogens with one attached hydrogen (secondary N) is 1. The predicted molar refractivity (Wildman–Crippen MR) is 69.6 cm³/mol. The Morgan fingerprint density at radius 3 is 2.75 bits per heavy atom. The van der Waals surface area contributed by atoms with E-state index < -0.39 is 22.1 Å². The fourth-order valence-corrected chi connectivity index (χ4v) is 2.80. The van der Waals surface area contributed by atoms with Crippen molar-refractivity contribution in [1.82, 2.24) is 9.71 Å². The molecule has 2 aromatic rings. The van der Waals surface area contributed by atoms with E-state index in [0.29, 0.717) is 5.56 Å². The number of aromatic nitrogens is 1. The number of nitrogens with zero attached hydrogens (tertiary/aromatic N) is 2. The minimum absolute atomic E-state index is 0.140. The Bertz CT molecular complexity index is 692. The number of hydrogen-bond donors (Lipinski definition) is 2. The normalized spacial score (nSPS) is 14.4. The number of hydrogen-bond acceptors (Lipinski definition) is 6. The van der Waals surface area contributed by atoms with Gasteiger partial charge in [-0.2, -0.15) is 9.98 Å². The first-order chi connectivity index (χ1) is 9.54. The Balaban J connectivity index is 2.32. The molecule has 0 bridgehead atoms. The first-order valence-electron chi connectivity index (χ1n) is 5.65. The Morgan fingerprint density at radius 2 is 2.20 bits per heavy atom. The molecule has 0 saturated carbocycles. The molecule has 7 nitrogen and oxygen atoms in total. The van der Waals surface area contributed by atoms with Crippen molar-refractivity contribution in [2.24, 2.45) is 5.73 Å². The van der Waals surface area contributed by atoms with E-state index in [1.807, 2.05) is 6.07 Å². The van der Waals surface area contributed by atoms with Gasteiger partial charge in [0.05, 0.1) is 24.6 Å². The van der Waals surface area contributed by atoms with E-state index in [-0.39, 0.29) is 5.03 Å². The molecule has 2 rings (SSSR count). The SMILES string of the molecule is N#C[C@H](N)[C@@H](NS(=O)(=O)c1ccccn1)c1ccoc1. The van der Waals surface area contributed by atoms with Crippen LogP contribution in [-0.4, -0.2) is 19.4 Å². The Kier molecular flexibility index (Phi) is 4.14. The van der Waals surface area contributed by atoms with Crippen molar-refractivity contribution in [1.29, 1.82) is 5.26 Å². The van der Waals surface area contributed by atoms with Crippen LogP contribution in [0.4, 0.5) is 0 Å². The summed E-state index contributed by atoms with van der Waals surface area (Å²) < 4.78 is 31.6. The number of nitriles is 1. The molecule has 20 heavy (non-hydrogen) atoms. The maximum Gasteiger partial charge on any atom is 0.258 e. The quantitative estimate of drug-likeness (QED) is 0.829. The third-order valence-corrected chi connectivity index (χ3v) is 3.96. The first kappa shape index (κ1) is 14.2. The fourth-order valence-electron chi connectivity index (χ4n) is 1.61. The second-order valence-corrected chi connectivity index (χ2v) is 5.64. The van der Waals surface area contributed by atoms with Crippen LogP contribution >= 0.6 is 0 Å². The maximum atomic E-state index is 12.2. The minimum Gasteiger partial charge on any atom is -0.472 e. The highest BCUT2D eigenvalue weighted by Gasteiger charge is 2.27. The van der Waals surface area contributed by atoms with Gasteiger partial charge in [-0.15, -0.1) is 0 Å². The zero-order valence-corrected chi connectivity index (χ0v) is 11.1. The molecule has 0 aliphatic carbocycles. The van der Waals surface area contributed by atoms with Gasteiger partial charge >= 0.3 is 0 Å². The Hall–Kier alpha value is -2.21. The van der Waals surface area contributed by atoms with Gasteiger partial charge in [-0.05, 0) is 18.2 Å². The molecule has 2 aromatic heterocycles. The van der Waals surface area contributed by atoms with Crippen molar-refractivity contribution in [2.45, 2.75) is 17.1 Å². The van der Waals surface area contributed by atoms with Gasteiger partial charge in [-0.1, -0.05) is 6.07 Å². The van der Waals surface area contributed by atoms with Crippen molar-refractivity contribution in [2.75, 3.05) is 0 Å². The number of pyridine rings is 1. The topological polar surface area (TPSA) is 122 Å². The van der Waals surface area contributed by atoms with Crippen molar-refractivity contribution < 1.29 is 12.8 Å². The third-order valence-electron chi connectivity index (χ3n) is 2.61. The summed E-state index contributed by atoms with van der Waals surface area (Å²) in [6.07, 6.45) is 4.08. The van der Waals surface area contributed by atoms with Gasteiger partial charge in [0.1, 0.15) is 6.04 Å². The van der Waals surface area contributed by atoms with E-state index in [1.165, 1.54) is 24.8 Å². The zero-order valence-electron chi connectivity index (χ0n) is 10.3. The number of rotatable bonds is 5. The van der Waals surface area contributed by atoms with E-state index in [4.69, 9.17) is 15.4 Å². The van der Waals surface area contributed by atoms with E-state index in [2.05, 4.69) is 9.71 Å². The molecule has 0 unspecified atom stereocenters. The van der Waals surface area contributed by atoms with Crippen LogP contribution in [0.25, 0.3) is 0 Å². The maximum absolute atomic E-state index is 12.2. The number of sulfonamides is 1. The Labute approximate surface area is 116 Å². The van der Waals surface area contributed by atoms with E-state index in [0.717, 1.165) is 0 Å². The second kappa shape index (κ2) is 5.83. The average Bonchev–Trinajstić information content (AvgIpc) is 2.99. The van der Waals surface area contributed by atoms with Gasteiger partial charge in [0.15, 0.2) is 5.03 Å². The lowest BCUT2D eigenvalue weighted by atomic mass is 10.1. The molecule has 104 valence electrons. The largest absolute Gasteiger partial charge is 0.472 e. The zero-order chi connectivity index (χ0) is 14.6. The van der Waals surface area contributed by atoms with Crippen LogP contribution in [-0.2, 0) is 10.0 Å². The standard InChI is InChI=1S/C12H12N4O3S/c13-7-10(14)12(9-4-6-19-8-9)16-20(17,18)11-3-1-2-5-15-11/h1-6,8,10,12,16H,14H2/t10-,12-/m0/s1. The number of nitrogens with two attached hydrogens (primary N) is 1. The molecule has 0 spiro atoms. The number of furan rings is 1. The second-order valence-electron chi connectivity index (χ2n) is 3.98. The summed E-state index contributed by atoms with van der Waals surface area (Å²) in [4.78, 5) is 3.77. The highest BCUT2D eigenvalue weighted by molar-refractivity contribution is 7.89. The van der Waals surface area contributed by atoms with Gasteiger partial charge in [-0.25, -0.2) is 13.4 Å². The molecule has 2 atom stereocenters. The molecular formula is C12H12N4O3S. The summed E-state index contributed by atoms with van der Waals surface area (Å²) in [7, 11) is -3.87. The lowest BCUT2D eigenvalue weighted by Crippen LogP contribution is -2.40. The molecule has 0 aliphatic heterocycles. The highest BCUT2D eigenvalue weighted by Crippen LogP contribution is 2.19. The van der Waals surface area contributed by atoms with Crippen molar-refractivity contribution in [3.8, 4) is 6.07 Å². The molecule has 0 radical (unpaired) electrons. The van der Waals surface area contributed by atoms with Gasteiger partial charge < -0.3 is 10.2 Å². The fraction of sp³-hybridized carbons (Fsp3) is 0.167. The summed E-state index contributed by atoms with van der Waals surface area (Å²) in [6, 6.07) is 5.91. The minimum atomic E-state index is -3.87. The van der Waals surface area contributed by atoms with Crippen LogP contribution in [0.1, 0.15) is 11.6 Å². The average molecular weight is 292 g/mol. The van der Waals surface area contributed by atoms with Gasteiger partial charge in [0, 0.05) is 11.8 Å². The van der Waals surface area contributed by atoms with E-state index in [1.54, 1.807) is 18.2 Å². The third kappa shape index (κ3) is 3.03. The smallest absolute Gasteiger partial charge is 0.258 e. The lowest BCUT2D eigenvalue weighted by Gasteiger charge is -2.18. The molecule has 0 saturated heterocycles. The van der Waals surface area contributed by atoms with Gasteiger partial charge in [0.2, 0.25) is 0 Å². The first-order valence-corrected chi connectivity index (χ1v) is 7.13. The van der Waals surface area contributed by atoms with Crippen LogP contribution < -0.4 is 10.5 Å². The van der Waals surface area contributed by atoms with Crippen LogP contribution in [0.5, 0.6) is 0 Å². The summed E-state index contributed by atoms with van der Waals surface area (Å²) in [6.45, 7) is 0. The monoisotopic (exact) mass is 292 g/mol. The molecule has 0 fully saturated rings. The predicted octanol–water partition coefficient (Wildman–Crippen LogP) is 0.545. The molecule has 0 aliphatic rings. The highest BCUT2D eigenvalue weighted by atomic mass is 32.2. The van der Waals surface area contributed by atoms with Crippen LogP contribution in [0.15, 0.2) is 52.4 Å². The molecule has 0 aromatic carbocycles. The van der Waals surface area contributed by atoms with Gasteiger partial charge in [-0.3, -0.25) is 0 Å². The molecular weight excluding hydrogens is 280 g/mol. The Morgan fingerprint density at radius 1 is 1.40 bits per heavy atom. The van der Waals surface area contributed by atoms with Crippen molar-refractivity contribution in [3.05, 3.63) is 48.6 Å². The summed E-state index contributed by atoms with van der Waals surface area (Å²) >= 11 is 0. The van der Waals surface area contributed by atoms with E-state index in [9.17, 15) is 8.42 Å². The van der Waals surface area contributed by atoms with E-state index >= 15 is 0 Å².